The first-order chi connectivity index (χ1) is 13.5. The molecule has 6 heteroatoms. The predicted molar refractivity (Wildman–Crippen MR) is 112 cm³/mol. The molecule has 28 heavy (non-hydrogen) atoms. The standard InChI is InChI=1S/C22H29N3O2S/c1-23(2)28(26,27)25-16-20-15-24(14-13-18-9-5-3-6-10-18)17-21(20)22(25)19-11-7-4-8-12-19/h3-12,20-22H,13-17H2,1-2H3/t20-,21-,22+/m0/s1. The molecule has 0 aliphatic carbocycles. The number of hydrogen-bond donors (Lipinski definition) is 0. The van der Waals surface area contributed by atoms with Crippen molar-refractivity contribution in [1.29, 1.82) is 0 Å². The molecule has 0 radical (unpaired) electrons. The zero-order valence-corrected chi connectivity index (χ0v) is 17.4. The van der Waals surface area contributed by atoms with Crippen molar-refractivity contribution in [3.8, 4) is 0 Å². The molecular formula is C22H29N3O2S. The average Bonchev–Trinajstić information content (AvgIpc) is 3.25. The summed E-state index contributed by atoms with van der Waals surface area (Å²) in [6.45, 7) is 3.56. The lowest BCUT2D eigenvalue weighted by Gasteiger charge is -2.31. The summed E-state index contributed by atoms with van der Waals surface area (Å²) in [5, 5.41) is 0. The van der Waals surface area contributed by atoms with Crippen LogP contribution >= 0.6 is 0 Å². The maximum absolute atomic E-state index is 13.0. The van der Waals surface area contributed by atoms with Gasteiger partial charge in [-0.05, 0) is 29.4 Å². The highest BCUT2D eigenvalue weighted by Gasteiger charge is 2.51. The largest absolute Gasteiger partial charge is 0.302 e. The van der Waals surface area contributed by atoms with E-state index in [0.29, 0.717) is 18.4 Å². The van der Waals surface area contributed by atoms with Gasteiger partial charge in [-0.1, -0.05) is 60.7 Å². The Hall–Kier alpha value is -1.73. The minimum absolute atomic E-state index is 0.0830. The van der Waals surface area contributed by atoms with Crippen LogP contribution in [0.5, 0.6) is 0 Å². The Balaban J connectivity index is 1.53. The second-order valence-electron chi connectivity index (χ2n) is 8.13. The SMILES string of the molecule is CN(C)S(=O)(=O)N1C[C@@H]2CN(CCc3ccccc3)C[C@@H]2[C@H]1c1ccccc1. The lowest BCUT2D eigenvalue weighted by atomic mass is 9.90. The summed E-state index contributed by atoms with van der Waals surface area (Å²) >= 11 is 0. The highest BCUT2D eigenvalue weighted by Crippen LogP contribution is 2.46. The third kappa shape index (κ3) is 3.74. The number of benzene rings is 2. The van der Waals surface area contributed by atoms with Crippen molar-refractivity contribution in [2.75, 3.05) is 40.3 Å². The molecule has 0 aromatic heterocycles. The number of nitrogens with zero attached hydrogens (tertiary/aromatic N) is 3. The van der Waals surface area contributed by atoms with E-state index in [0.717, 1.165) is 31.6 Å². The van der Waals surface area contributed by atoms with E-state index in [1.165, 1.54) is 9.87 Å². The van der Waals surface area contributed by atoms with Crippen LogP contribution in [0.4, 0.5) is 0 Å². The van der Waals surface area contributed by atoms with Crippen molar-refractivity contribution in [3.63, 3.8) is 0 Å². The van der Waals surface area contributed by atoms with Crippen molar-refractivity contribution in [1.82, 2.24) is 13.5 Å². The zero-order chi connectivity index (χ0) is 19.7. The Bertz CT molecular complexity index is 887. The summed E-state index contributed by atoms with van der Waals surface area (Å²) in [4.78, 5) is 2.51. The highest BCUT2D eigenvalue weighted by atomic mass is 32.2. The van der Waals surface area contributed by atoms with Gasteiger partial charge in [0.2, 0.25) is 0 Å². The number of fused-ring (bicyclic) bond motifs is 1. The van der Waals surface area contributed by atoms with E-state index in [1.54, 1.807) is 18.4 Å². The summed E-state index contributed by atoms with van der Waals surface area (Å²) in [6, 6.07) is 20.6. The first-order valence-corrected chi connectivity index (χ1v) is 11.4. The molecule has 2 aromatic carbocycles. The molecule has 4 rings (SSSR count). The minimum Gasteiger partial charge on any atom is -0.302 e. The summed E-state index contributed by atoms with van der Waals surface area (Å²) < 4.78 is 29.0. The molecule has 2 heterocycles. The van der Waals surface area contributed by atoms with E-state index in [-0.39, 0.29) is 6.04 Å². The summed E-state index contributed by atoms with van der Waals surface area (Å²) in [7, 11) is -0.195. The molecule has 150 valence electrons. The van der Waals surface area contributed by atoms with E-state index in [9.17, 15) is 8.42 Å². The molecule has 0 spiro atoms. The van der Waals surface area contributed by atoms with Crippen LogP contribution in [0.3, 0.4) is 0 Å². The Morgan fingerprint density at radius 3 is 2.21 bits per heavy atom. The summed E-state index contributed by atoms with van der Waals surface area (Å²) in [5.41, 5.74) is 2.46. The van der Waals surface area contributed by atoms with Crippen molar-refractivity contribution in [2.24, 2.45) is 11.8 Å². The third-order valence-electron chi connectivity index (χ3n) is 6.16. The van der Waals surface area contributed by atoms with Crippen molar-refractivity contribution in [2.45, 2.75) is 12.5 Å². The molecule has 2 aliphatic rings. The quantitative estimate of drug-likeness (QED) is 0.750. The number of hydrogen-bond acceptors (Lipinski definition) is 3. The normalized spacial score (nSPS) is 26.0. The van der Waals surface area contributed by atoms with Crippen LogP contribution in [0.2, 0.25) is 0 Å². The van der Waals surface area contributed by atoms with E-state index in [4.69, 9.17) is 0 Å². The van der Waals surface area contributed by atoms with E-state index in [1.807, 2.05) is 24.3 Å². The minimum atomic E-state index is -3.44. The van der Waals surface area contributed by atoms with Gasteiger partial charge in [0.15, 0.2) is 0 Å². The van der Waals surface area contributed by atoms with Crippen LogP contribution in [0.15, 0.2) is 60.7 Å². The predicted octanol–water partition coefficient (Wildman–Crippen LogP) is 2.64. The second kappa shape index (κ2) is 7.95. The Labute approximate surface area is 168 Å². The highest BCUT2D eigenvalue weighted by molar-refractivity contribution is 7.86. The van der Waals surface area contributed by atoms with Gasteiger partial charge in [-0.2, -0.15) is 17.0 Å². The van der Waals surface area contributed by atoms with Gasteiger partial charge in [0.1, 0.15) is 0 Å². The molecule has 5 nitrogen and oxygen atoms in total. The van der Waals surface area contributed by atoms with Gasteiger partial charge in [0, 0.05) is 40.3 Å². The fraction of sp³-hybridized carbons (Fsp3) is 0.455. The first-order valence-electron chi connectivity index (χ1n) is 9.97. The fourth-order valence-corrected chi connectivity index (χ4v) is 6.09. The van der Waals surface area contributed by atoms with Crippen LogP contribution in [0, 0.1) is 11.8 Å². The number of likely N-dealkylation sites (tertiary alicyclic amines) is 1. The number of rotatable bonds is 6. The van der Waals surface area contributed by atoms with Gasteiger partial charge < -0.3 is 4.90 Å². The lowest BCUT2D eigenvalue weighted by Crippen LogP contribution is -2.42. The Morgan fingerprint density at radius 2 is 1.57 bits per heavy atom. The molecule has 2 saturated heterocycles. The summed E-state index contributed by atoms with van der Waals surface area (Å²) in [5.74, 6) is 0.726. The van der Waals surface area contributed by atoms with Crippen LogP contribution in [0.1, 0.15) is 17.2 Å². The maximum Gasteiger partial charge on any atom is 0.282 e. The summed E-state index contributed by atoms with van der Waals surface area (Å²) in [6.07, 6.45) is 1.04. The maximum atomic E-state index is 13.0. The van der Waals surface area contributed by atoms with Crippen molar-refractivity contribution >= 4 is 10.2 Å². The molecule has 3 atom stereocenters. The molecule has 2 aliphatic heterocycles. The molecule has 2 aromatic rings. The van der Waals surface area contributed by atoms with Gasteiger partial charge in [-0.3, -0.25) is 0 Å². The van der Waals surface area contributed by atoms with Crippen molar-refractivity contribution < 1.29 is 8.42 Å². The smallest absolute Gasteiger partial charge is 0.282 e. The monoisotopic (exact) mass is 399 g/mol. The van der Waals surface area contributed by atoms with Gasteiger partial charge >= 0.3 is 0 Å². The van der Waals surface area contributed by atoms with Gasteiger partial charge in [-0.25, -0.2) is 0 Å². The van der Waals surface area contributed by atoms with Gasteiger partial charge in [0.25, 0.3) is 10.2 Å². The lowest BCUT2D eigenvalue weighted by molar-refractivity contribution is 0.261. The van der Waals surface area contributed by atoms with Crippen LogP contribution in [0.25, 0.3) is 0 Å². The van der Waals surface area contributed by atoms with Gasteiger partial charge in [-0.15, -0.1) is 0 Å². The van der Waals surface area contributed by atoms with E-state index >= 15 is 0 Å². The first kappa shape index (κ1) is 19.6. The average molecular weight is 400 g/mol. The third-order valence-corrected chi connectivity index (χ3v) is 8.05. The van der Waals surface area contributed by atoms with Gasteiger partial charge in [0.05, 0.1) is 6.04 Å². The fourth-order valence-electron chi connectivity index (χ4n) is 4.72. The van der Waals surface area contributed by atoms with Crippen LogP contribution in [-0.2, 0) is 16.6 Å². The second-order valence-corrected chi connectivity index (χ2v) is 10.2. The van der Waals surface area contributed by atoms with Crippen LogP contribution in [-0.4, -0.2) is 62.2 Å². The molecule has 0 N–H and O–H groups in total. The molecule has 0 saturated carbocycles. The molecule has 0 bridgehead atoms. The molecule has 0 unspecified atom stereocenters. The van der Waals surface area contributed by atoms with E-state index in [2.05, 4.69) is 41.3 Å². The molecule has 2 fully saturated rings. The van der Waals surface area contributed by atoms with Crippen LogP contribution < -0.4 is 0 Å². The van der Waals surface area contributed by atoms with E-state index < -0.39 is 10.2 Å². The van der Waals surface area contributed by atoms with Crippen molar-refractivity contribution in [3.05, 3.63) is 71.8 Å². The molecule has 0 amide bonds. The zero-order valence-electron chi connectivity index (χ0n) is 16.6. The Morgan fingerprint density at radius 1 is 0.929 bits per heavy atom. The Kier molecular flexibility index (Phi) is 5.56. The molecular weight excluding hydrogens is 370 g/mol. The topological polar surface area (TPSA) is 43.9 Å².